The lowest BCUT2D eigenvalue weighted by molar-refractivity contribution is 0.0873. The Labute approximate surface area is 240 Å². The van der Waals surface area contributed by atoms with Gasteiger partial charge in [0.25, 0.3) is 0 Å². The molecule has 0 fully saturated rings. The van der Waals surface area contributed by atoms with Crippen LogP contribution in [0.4, 0.5) is 10.5 Å². The molecule has 3 aromatic rings. The van der Waals surface area contributed by atoms with Crippen LogP contribution in [0.15, 0.2) is 88.7 Å². The highest BCUT2D eigenvalue weighted by Gasteiger charge is 2.32. The molecule has 1 heterocycles. The molecule has 0 aliphatic carbocycles. The van der Waals surface area contributed by atoms with E-state index in [9.17, 15) is 18.3 Å². The van der Waals surface area contributed by atoms with Crippen LogP contribution in [0.1, 0.15) is 25.0 Å². The minimum absolute atomic E-state index is 0.00475. The Morgan fingerprint density at radius 3 is 2.35 bits per heavy atom. The molecular weight excluding hydrogens is 548 g/mol. The second-order valence-electron chi connectivity index (χ2n) is 10.1. The molecule has 3 aromatic carbocycles. The van der Waals surface area contributed by atoms with Gasteiger partial charge in [0.05, 0.1) is 22.7 Å². The van der Waals surface area contributed by atoms with E-state index in [0.717, 1.165) is 16.0 Å². The Kier molecular flexibility index (Phi) is 10.1. The number of ether oxygens (including phenoxy) is 1. The quantitative estimate of drug-likeness (QED) is 0.251. The lowest BCUT2D eigenvalue weighted by Gasteiger charge is -2.30. The highest BCUT2D eigenvalue weighted by atomic mass is 32.2. The van der Waals surface area contributed by atoms with Crippen molar-refractivity contribution < 1.29 is 23.1 Å². The summed E-state index contributed by atoms with van der Waals surface area (Å²) in [7, 11) is -3.97. The number of aliphatic hydroxyl groups is 1. The predicted molar refractivity (Wildman–Crippen MR) is 157 cm³/mol. The van der Waals surface area contributed by atoms with Crippen LogP contribution in [0.3, 0.4) is 0 Å². The number of benzene rings is 3. The molecule has 1 aliphatic rings. The molecule has 0 saturated carbocycles. The van der Waals surface area contributed by atoms with Crippen LogP contribution in [0, 0.1) is 5.92 Å². The molecule has 0 saturated heterocycles. The van der Waals surface area contributed by atoms with Crippen LogP contribution in [0.2, 0.25) is 0 Å². The van der Waals surface area contributed by atoms with Gasteiger partial charge in [-0.05, 0) is 41.7 Å². The van der Waals surface area contributed by atoms with Crippen LogP contribution >= 0.6 is 11.8 Å². The Hall–Kier alpha value is -3.09. The smallest absolute Gasteiger partial charge is 0.407 e. The normalized spacial score (nSPS) is 16.3. The van der Waals surface area contributed by atoms with E-state index in [1.807, 2.05) is 74.5 Å². The van der Waals surface area contributed by atoms with Gasteiger partial charge in [-0.15, -0.1) is 0 Å². The van der Waals surface area contributed by atoms with E-state index in [1.54, 1.807) is 18.2 Å². The van der Waals surface area contributed by atoms with Gasteiger partial charge in [-0.1, -0.05) is 86.3 Å². The Balaban J connectivity index is 1.53. The minimum Gasteiger partial charge on any atom is -0.445 e. The zero-order valence-electron chi connectivity index (χ0n) is 22.6. The number of nitrogens with zero attached hydrogens (tertiary/aromatic N) is 1. The van der Waals surface area contributed by atoms with Crippen LogP contribution in [0.25, 0.3) is 0 Å². The number of carbonyl (C=O) groups is 1. The summed E-state index contributed by atoms with van der Waals surface area (Å²) in [5.41, 5.74) is 7.97. The molecule has 0 bridgehead atoms. The van der Waals surface area contributed by atoms with Gasteiger partial charge < -0.3 is 26.2 Å². The molecular formula is C29H36N4O5S2. The molecule has 11 heteroatoms. The van der Waals surface area contributed by atoms with Crippen LogP contribution in [0.5, 0.6) is 0 Å². The van der Waals surface area contributed by atoms with Crippen molar-refractivity contribution >= 4 is 33.6 Å². The number of rotatable bonds is 12. The SMILES string of the molecule is CC(C)CN(C[C@@H](O)[C@H](Cc1ccccc1)NC(=O)OCc1ccccc1)S(=O)(=O)c1ccc2c(c1)NC(N)S2. The number of nitrogens with one attached hydrogen (secondary N) is 2. The number of sulfonamides is 1. The highest BCUT2D eigenvalue weighted by molar-refractivity contribution is 8.00. The first-order chi connectivity index (χ1) is 19.1. The third-order valence-corrected chi connectivity index (χ3v) is 9.19. The number of anilines is 1. The van der Waals surface area contributed by atoms with E-state index in [-0.39, 0.29) is 42.4 Å². The predicted octanol–water partition coefficient (Wildman–Crippen LogP) is 3.99. The van der Waals surface area contributed by atoms with Crippen LogP contribution in [-0.2, 0) is 27.8 Å². The Morgan fingerprint density at radius 2 is 1.70 bits per heavy atom. The van der Waals surface area contributed by atoms with E-state index in [0.29, 0.717) is 5.69 Å². The molecule has 5 N–H and O–H groups in total. The summed E-state index contributed by atoms with van der Waals surface area (Å²) in [6.07, 6.45) is -1.62. The van der Waals surface area contributed by atoms with Crippen molar-refractivity contribution in [3.63, 3.8) is 0 Å². The standard InChI is InChI=1S/C29H36N4O5S2/c1-20(2)17-33(40(36,37)23-13-14-27-25(16-23)31-28(30)39-27)18-26(34)24(15-21-9-5-3-6-10-21)32-29(35)38-19-22-11-7-4-8-12-22/h3-14,16,20,24,26,28,31,34H,15,17-19,30H2,1-2H3,(H,32,35)/t24-,26+,28?/m0/s1. The van der Waals surface area contributed by atoms with Gasteiger partial charge in [0, 0.05) is 18.0 Å². The van der Waals surface area contributed by atoms with E-state index >= 15 is 0 Å². The van der Waals surface area contributed by atoms with E-state index in [4.69, 9.17) is 10.5 Å². The zero-order chi connectivity index (χ0) is 28.7. The van der Waals surface area contributed by atoms with Crippen molar-refractivity contribution in [3.8, 4) is 0 Å². The monoisotopic (exact) mass is 584 g/mol. The molecule has 1 aliphatic heterocycles. The third kappa shape index (κ3) is 7.98. The second-order valence-corrected chi connectivity index (χ2v) is 13.2. The molecule has 0 aromatic heterocycles. The molecule has 0 spiro atoms. The zero-order valence-corrected chi connectivity index (χ0v) is 24.2. The molecule has 1 unspecified atom stereocenters. The van der Waals surface area contributed by atoms with Gasteiger partial charge in [0.1, 0.15) is 12.1 Å². The van der Waals surface area contributed by atoms with Crippen molar-refractivity contribution in [1.82, 2.24) is 9.62 Å². The largest absolute Gasteiger partial charge is 0.445 e. The highest BCUT2D eigenvalue weighted by Crippen LogP contribution is 2.38. The molecule has 1 amide bonds. The molecule has 3 atom stereocenters. The summed E-state index contributed by atoms with van der Waals surface area (Å²) in [5, 5.41) is 17.2. The maximum Gasteiger partial charge on any atom is 0.407 e. The first kappa shape index (κ1) is 29.9. The number of fused-ring (bicyclic) bond motifs is 1. The first-order valence-electron chi connectivity index (χ1n) is 13.1. The fourth-order valence-electron chi connectivity index (χ4n) is 4.44. The van der Waals surface area contributed by atoms with E-state index in [2.05, 4.69) is 10.6 Å². The number of nitrogens with two attached hydrogens (primary N) is 1. The van der Waals surface area contributed by atoms with Gasteiger partial charge in [-0.2, -0.15) is 4.31 Å². The number of alkyl carbamates (subject to hydrolysis) is 1. The number of hydrogen-bond acceptors (Lipinski definition) is 8. The van der Waals surface area contributed by atoms with Crippen molar-refractivity contribution in [2.24, 2.45) is 11.7 Å². The maximum atomic E-state index is 13.8. The van der Waals surface area contributed by atoms with Gasteiger partial charge in [0.2, 0.25) is 10.0 Å². The fourth-order valence-corrected chi connectivity index (χ4v) is 6.93. The third-order valence-electron chi connectivity index (χ3n) is 6.38. The molecule has 0 radical (unpaired) electrons. The fraction of sp³-hybridized carbons (Fsp3) is 0.345. The van der Waals surface area contributed by atoms with Gasteiger partial charge >= 0.3 is 6.09 Å². The summed E-state index contributed by atoms with van der Waals surface area (Å²) in [6.45, 7) is 3.87. The van der Waals surface area contributed by atoms with Crippen molar-refractivity contribution in [2.75, 3.05) is 18.4 Å². The lowest BCUT2D eigenvalue weighted by atomic mass is 10.0. The summed E-state index contributed by atoms with van der Waals surface area (Å²) < 4.78 is 34.2. The van der Waals surface area contributed by atoms with Gasteiger partial charge in [-0.25, -0.2) is 13.2 Å². The number of hydrogen-bond donors (Lipinski definition) is 4. The number of aliphatic hydroxyl groups excluding tert-OH is 1. The summed E-state index contributed by atoms with van der Waals surface area (Å²) in [6, 6.07) is 22.7. The lowest BCUT2D eigenvalue weighted by Crippen LogP contribution is -2.51. The first-order valence-corrected chi connectivity index (χ1v) is 15.5. The maximum absolute atomic E-state index is 13.8. The minimum atomic E-state index is -3.97. The summed E-state index contributed by atoms with van der Waals surface area (Å²) >= 11 is 1.42. The average Bonchev–Trinajstić information content (AvgIpc) is 3.31. The Bertz CT molecular complexity index is 1370. The van der Waals surface area contributed by atoms with Crippen molar-refractivity contribution in [2.45, 2.75) is 54.3 Å². The van der Waals surface area contributed by atoms with Gasteiger partial charge in [-0.3, -0.25) is 0 Å². The summed E-state index contributed by atoms with van der Waals surface area (Å²) in [5.74, 6) is -0.00475. The van der Waals surface area contributed by atoms with Crippen molar-refractivity contribution in [3.05, 3.63) is 90.0 Å². The number of amides is 1. The second kappa shape index (κ2) is 13.5. The topological polar surface area (TPSA) is 134 Å². The number of carbonyl (C=O) groups excluding carboxylic acids is 1. The molecule has 9 nitrogen and oxygen atoms in total. The van der Waals surface area contributed by atoms with Crippen LogP contribution in [-0.4, -0.2) is 54.7 Å². The van der Waals surface area contributed by atoms with Crippen molar-refractivity contribution in [1.29, 1.82) is 0 Å². The van der Waals surface area contributed by atoms with E-state index < -0.39 is 28.3 Å². The Morgan fingerprint density at radius 1 is 1.05 bits per heavy atom. The number of thioether (sulfide) groups is 1. The average molecular weight is 585 g/mol. The molecule has 214 valence electrons. The molecule has 4 rings (SSSR count). The molecule has 40 heavy (non-hydrogen) atoms. The van der Waals surface area contributed by atoms with Gasteiger partial charge in [0.15, 0.2) is 0 Å². The van der Waals surface area contributed by atoms with Crippen LogP contribution < -0.4 is 16.4 Å². The summed E-state index contributed by atoms with van der Waals surface area (Å²) in [4.78, 5) is 13.7. The van der Waals surface area contributed by atoms with E-state index in [1.165, 1.54) is 16.1 Å².